The number of benzene rings is 1. The van der Waals surface area contributed by atoms with Crippen molar-refractivity contribution >= 4 is 17.2 Å². The first-order valence-electron chi connectivity index (χ1n) is 8.76. The Morgan fingerprint density at radius 3 is 2.59 bits per heavy atom. The zero-order valence-electron chi connectivity index (χ0n) is 16.6. The van der Waals surface area contributed by atoms with Gasteiger partial charge in [-0.05, 0) is 38.7 Å². The second kappa shape index (κ2) is 9.10. The normalized spacial score (nSPS) is 15.1. The standard InChI is InChI=1S/C19H24F3N3O3S/c1-12-11-29-17(24-12)18(27,19(20,21)22)9-16(26)23-10-15(25(2)3)13-6-5-7-14(8-13)28-4/h5-8,11,15,27H,9-10H2,1-4H3,(H,23,26). The molecule has 0 bridgehead atoms. The van der Waals surface area contributed by atoms with E-state index in [0.29, 0.717) is 22.8 Å². The number of thiazole rings is 1. The summed E-state index contributed by atoms with van der Waals surface area (Å²) in [7, 11) is 5.12. The zero-order valence-corrected chi connectivity index (χ0v) is 17.4. The van der Waals surface area contributed by atoms with E-state index in [0.717, 1.165) is 5.56 Å². The van der Waals surface area contributed by atoms with Crippen molar-refractivity contribution in [2.75, 3.05) is 27.7 Å². The van der Waals surface area contributed by atoms with E-state index in [4.69, 9.17) is 4.74 Å². The SMILES string of the molecule is COc1cccc(C(CNC(=O)CC(O)(c2nc(C)cs2)C(F)(F)F)N(C)C)c1. The number of methoxy groups -OCH3 is 1. The summed E-state index contributed by atoms with van der Waals surface area (Å²) in [6.07, 6.45) is -6.20. The topological polar surface area (TPSA) is 74.7 Å². The molecule has 0 radical (unpaired) electrons. The number of halogens is 3. The molecule has 0 fully saturated rings. The number of nitrogens with zero attached hydrogens (tertiary/aromatic N) is 2. The molecule has 1 amide bonds. The molecule has 0 aliphatic heterocycles. The van der Waals surface area contributed by atoms with E-state index in [-0.39, 0.29) is 12.6 Å². The number of nitrogens with one attached hydrogen (secondary N) is 1. The van der Waals surface area contributed by atoms with Gasteiger partial charge in [0.25, 0.3) is 0 Å². The minimum Gasteiger partial charge on any atom is -0.497 e. The number of ether oxygens (including phenoxy) is 1. The van der Waals surface area contributed by atoms with Gasteiger partial charge in [0.2, 0.25) is 11.5 Å². The Morgan fingerprint density at radius 1 is 1.38 bits per heavy atom. The van der Waals surface area contributed by atoms with Crippen LogP contribution in [0.1, 0.15) is 28.7 Å². The fourth-order valence-electron chi connectivity index (χ4n) is 2.79. The fourth-order valence-corrected chi connectivity index (χ4v) is 3.71. The maximum Gasteiger partial charge on any atom is 0.424 e. The van der Waals surface area contributed by atoms with E-state index < -0.39 is 29.1 Å². The summed E-state index contributed by atoms with van der Waals surface area (Å²) in [4.78, 5) is 17.9. The Bertz CT molecular complexity index is 841. The van der Waals surface area contributed by atoms with E-state index in [1.54, 1.807) is 32.3 Å². The van der Waals surface area contributed by atoms with Gasteiger partial charge in [-0.3, -0.25) is 4.79 Å². The average Bonchev–Trinajstić information content (AvgIpc) is 3.07. The first-order valence-corrected chi connectivity index (χ1v) is 9.64. The fraction of sp³-hybridized carbons (Fsp3) is 0.474. The summed E-state index contributed by atoms with van der Waals surface area (Å²) in [6, 6.07) is 6.90. The van der Waals surface area contributed by atoms with Crippen molar-refractivity contribution in [2.24, 2.45) is 0 Å². The minimum atomic E-state index is -5.04. The molecule has 2 rings (SSSR count). The molecule has 1 aromatic carbocycles. The lowest BCUT2D eigenvalue weighted by atomic mass is 9.99. The highest BCUT2D eigenvalue weighted by Gasteiger charge is 2.58. The van der Waals surface area contributed by atoms with Gasteiger partial charge in [-0.2, -0.15) is 13.2 Å². The quantitative estimate of drug-likeness (QED) is 0.672. The summed E-state index contributed by atoms with van der Waals surface area (Å²) >= 11 is 0.672. The average molecular weight is 431 g/mol. The number of rotatable bonds is 8. The smallest absolute Gasteiger partial charge is 0.424 e. The van der Waals surface area contributed by atoms with Crippen LogP contribution in [0.4, 0.5) is 13.2 Å². The minimum absolute atomic E-state index is 0.0594. The zero-order chi connectivity index (χ0) is 21.8. The number of aryl methyl sites for hydroxylation is 1. The molecule has 0 aliphatic carbocycles. The molecular weight excluding hydrogens is 407 g/mol. The van der Waals surface area contributed by atoms with Crippen LogP contribution < -0.4 is 10.1 Å². The number of carbonyl (C=O) groups excluding carboxylic acids is 1. The van der Waals surface area contributed by atoms with Crippen molar-refractivity contribution in [1.29, 1.82) is 0 Å². The largest absolute Gasteiger partial charge is 0.497 e. The maximum absolute atomic E-state index is 13.5. The van der Waals surface area contributed by atoms with Crippen molar-refractivity contribution in [2.45, 2.75) is 31.2 Å². The third-order valence-corrected chi connectivity index (χ3v) is 5.56. The van der Waals surface area contributed by atoms with Crippen molar-refractivity contribution in [3.8, 4) is 5.75 Å². The Hall–Kier alpha value is -2.17. The van der Waals surface area contributed by atoms with Crippen LogP contribution in [-0.4, -0.2) is 54.8 Å². The number of alkyl halides is 3. The summed E-state index contributed by atoms with van der Waals surface area (Å²) < 4.78 is 45.8. The number of hydrogen-bond donors (Lipinski definition) is 2. The van der Waals surface area contributed by atoms with Crippen LogP contribution in [-0.2, 0) is 10.4 Å². The van der Waals surface area contributed by atoms with Gasteiger partial charge in [-0.25, -0.2) is 4.98 Å². The van der Waals surface area contributed by atoms with Gasteiger partial charge in [0.1, 0.15) is 10.8 Å². The lowest BCUT2D eigenvalue weighted by Crippen LogP contribution is -2.47. The van der Waals surface area contributed by atoms with Crippen molar-refractivity contribution < 1.29 is 27.8 Å². The molecule has 1 heterocycles. The molecule has 29 heavy (non-hydrogen) atoms. The molecule has 160 valence electrons. The van der Waals surface area contributed by atoms with E-state index in [1.807, 2.05) is 11.0 Å². The molecule has 0 saturated carbocycles. The van der Waals surface area contributed by atoms with Crippen LogP contribution in [0.15, 0.2) is 29.6 Å². The van der Waals surface area contributed by atoms with Gasteiger partial charge in [0.15, 0.2) is 0 Å². The first kappa shape index (κ1) is 23.1. The van der Waals surface area contributed by atoms with Crippen LogP contribution in [0.2, 0.25) is 0 Å². The molecule has 2 aromatic rings. The van der Waals surface area contributed by atoms with E-state index in [1.165, 1.54) is 19.4 Å². The predicted octanol–water partition coefficient (Wildman–Crippen LogP) is 3.02. The van der Waals surface area contributed by atoms with Crippen LogP contribution >= 0.6 is 11.3 Å². The predicted molar refractivity (Wildman–Crippen MR) is 104 cm³/mol. The van der Waals surface area contributed by atoms with Crippen molar-refractivity contribution in [3.05, 3.63) is 45.9 Å². The summed E-state index contributed by atoms with van der Waals surface area (Å²) in [5, 5.41) is 13.6. The van der Waals surface area contributed by atoms with Crippen LogP contribution in [0, 0.1) is 6.92 Å². The third-order valence-electron chi connectivity index (χ3n) is 4.45. The molecule has 2 unspecified atom stereocenters. The Kier molecular flexibility index (Phi) is 7.25. The first-order chi connectivity index (χ1) is 13.5. The van der Waals surface area contributed by atoms with E-state index in [2.05, 4.69) is 10.3 Å². The van der Waals surface area contributed by atoms with Gasteiger partial charge in [-0.1, -0.05) is 12.1 Å². The van der Waals surface area contributed by atoms with Crippen LogP contribution in [0.25, 0.3) is 0 Å². The van der Waals surface area contributed by atoms with Gasteiger partial charge in [0, 0.05) is 17.6 Å². The second-order valence-electron chi connectivity index (χ2n) is 6.89. The van der Waals surface area contributed by atoms with E-state index >= 15 is 0 Å². The highest BCUT2D eigenvalue weighted by molar-refractivity contribution is 7.09. The number of aliphatic hydroxyl groups is 1. The van der Waals surface area contributed by atoms with Crippen molar-refractivity contribution in [1.82, 2.24) is 15.2 Å². The van der Waals surface area contributed by atoms with Gasteiger partial charge in [-0.15, -0.1) is 11.3 Å². The summed E-state index contributed by atoms with van der Waals surface area (Å²) in [5.41, 5.74) is -2.16. The maximum atomic E-state index is 13.5. The summed E-state index contributed by atoms with van der Waals surface area (Å²) in [5.74, 6) is -0.293. The monoisotopic (exact) mass is 431 g/mol. The molecule has 6 nitrogen and oxygen atoms in total. The number of carbonyl (C=O) groups is 1. The van der Waals surface area contributed by atoms with Gasteiger partial charge >= 0.3 is 6.18 Å². The second-order valence-corrected chi connectivity index (χ2v) is 7.75. The van der Waals surface area contributed by atoms with Crippen molar-refractivity contribution in [3.63, 3.8) is 0 Å². The van der Waals surface area contributed by atoms with E-state index in [9.17, 15) is 23.1 Å². The molecule has 0 aliphatic rings. The molecule has 2 N–H and O–H groups in total. The third kappa shape index (κ3) is 5.46. The Morgan fingerprint density at radius 2 is 2.07 bits per heavy atom. The lowest BCUT2D eigenvalue weighted by molar-refractivity contribution is -0.267. The van der Waals surface area contributed by atoms with Gasteiger partial charge < -0.3 is 20.1 Å². The van der Waals surface area contributed by atoms with Crippen LogP contribution in [0.5, 0.6) is 5.75 Å². The highest BCUT2D eigenvalue weighted by Crippen LogP contribution is 2.42. The molecule has 2 atom stereocenters. The molecule has 1 aromatic heterocycles. The molecule has 10 heteroatoms. The number of amides is 1. The molecule has 0 spiro atoms. The Labute approximate surface area is 171 Å². The Balaban J connectivity index is 2.14. The molecule has 0 saturated heterocycles. The van der Waals surface area contributed by atoms with Gasteiger partial charge in [0.05, 0.1) is 19.6 Å². The molecular formula is C19H24F3N3O3S. The number of aromatic nitrogens is 1. The summed E-state index contributed by atoms with van der Waals surface area (Å²) in [6.45, 7) is 1.58. The lowest BCUT2D eigenvalue weighted by Gasteiger charge is -2.29. The number of likely N-dealkylation sites (N-methyl/N-ethyl adjacent to an activating group) is 1. The number of hydrogen-bond acceptors (Lipinski definition) is 6. The van der Waals surface area contributed by atoms with Crippen LogP contribution in [0.3, 0.4) is 0 Å². The highest BCUT2D eigenvalue weighted by atomic mass is 32.1.